The highest BCUT2D eigenvalue weighted by atomic mass is 32.2. The first-order chi connectivity index (χ1) is 16.0. The molecule has 1 aromatic carbocycles. The maximum absolute atomic E-state index is 13.8. The Morgan fingerprint density at radius 1 is 1.26 bits per heavy atom. The van der Waals surface area contributed by atoms with Gasteiger partial charge in [0.15, 0.2) is 5.71 Å². The van der Waals surface area contributed by atoms with Crippen molar-refractivity contribution >= 4 is 47.0 Å². The third-order valence-corrected chi connectivity index (χ3v) is 9.44. The number of likely N-dealkylation sites (tertiary alicyclic amines) is 1. The number of hydrogen-bond donors (Lipinski definition) is 1. The smallest absolute Gasteiger partial charge is 0.273 e. The van der Waals surface area contributed by atoms with Crippen LogP contribution in [0, 0.1) is 16.7 Å². The zero-order valence-corrected chi connectivity index (χ0v) is 22.7. The standard InChI is InChI=1S/C25H35N3O4S2/c1-23(2,3)12-13-28-21(30)19-24(4,15-33-7)25(19,22(28)31)34-14-16-10-8-9-11-17(16)18(27-32-6)20(29)26-5/h8-11,19H,12-15H2,1-7H3,(H,26,29). The Labute approximate surface area is 210 Å². The van der Waals surface area contributed by atoms with Crippen molar-refractivity contribution in [2.45, 2.75) is 44.6 Å². The number of carbonyl (C=O) groups is 3. The van der Waals surface area contributed by atoms with E-state index in [1.54, 1.807) is 18.8 Å². The van der Waals surface area contributed by atoms with Crippen LogP contribution < -0.4 is 5.32 Å². The molecule has 3 amide bonds. The lowest BCUT2D eigenvalue weighted by atomic mass is 9.92. The van der Waals surface area contributed by atoms with Gasteiger partial charge in [0.05, 0.1) is 5.92 Å². The molecular formula is C25H35N3O4S2. The molecule has 7 nitrogen and oxygen atoms in total. The van der Waals surface area contributed by atoms with E-state index in [0.29, 0.717) is 17.9 Å². The number of likely N-dealkylation sites (N-methyl/N-ethyl adjacent to an activating group) is 1. The second-order valence-corrected chi connectivity index (χ2v) is 12.4. The van der Waals surface area contributed by atoms with E-state index >= 15 is 0 Å². The molecule has 0 bridgehead atoms. The molecule has 2 fully saturated rings. The number of benzene rings is 1. The van der Waals surface area contributed by atoms with Gasteiger partial charge in [-0.05, 0) is 23.7 Å². The normalized spacial score (nSPS) is 26.5. The molecule has 1 aromatic rings. The van der Waals surface area contributed by atoms with Crippen LogP contribution in [-0.2, 0) is 25.0 Å². The highest BCUT2D eigenvalue weighted by Crippen LogP contribution is 2.74. The van der Waals surface area contributed by atoms with Crippen molar-refractivity contribution in [3.63, 3.8) is 0 Å². The molecule has 0 aromatic heterocycles. The Morgan fingerprint density at radius 3 is 2.53 bits per heavy atom. The van der Waals surface area contributed by atoms with E-state index in [-0.39, 0.29) is 40.2 Å². The monoisotopic (exact) mass is 505 g/mol. The van der Waals surface area contributed by atoms with E-state index in [9.17, 15) is 14.4 Å². The van der Waals surface area contributed by atoms with Crippen molar-refractivity contribution in [2.24, 2.45) is 21.9 Å². The molecular weight excluding hydrogens is 470 g/mol. The average molecular weight is 506 g/mol. The molecule has 0 spiro atoms. The van der Waals surface area contributed by atoms with Crippen LogP contribution in [0.15, 0.2) is 29.4 Å². The average Bonchev–Trinajstić information content (AvgIpc) is 3.23. The number of thioether (sulfide) groups is 2. The molecule has 3 atom stereocenters. The van der Waals surface area contributed by atoms with Gasteiger partial charge >= 0.3 is 0 Å². The lowest BCUT2D eigenvalue weighted by Gasteiger charge is -2.29. The summed E-state index contributed by atoms with van der Waals surface area (Å²) in [6.45, 7) is 8.86. The van der Waals surface area contributed by atoms with Gasteiger partial charge in [-0.15, -0.1) is 11.8 Å². The predicted octanol–water partition coefficient (Wildman–Crippen LogP) is 3.56. The molecule has 1 N–H and O–H groups in total. The van der Waals surface area contributed by atoms with E-state index in [0.717, 1.165) is 17.7 Å². The molecule has 9 heteroatoms. The van der Waals surface area contributed by atoms with Crippen LogP contribution in [0.5, 0.6) is 0 Å². The van der Waals surface area contributed by atoms with Crippen molar-refractivity contribution in [3.05, 3.63) is 35.4 Å². The second kappa shape index (κ2) is 9.93. The quantitative estimate of drug-likeness (QED) is 0.297. The molecule has 2 aliphatic rings. The van der Waals surface area contributed by atoms with Gasteiger partial charge in [-0.2, -0.15) is 11.8 Å². The summed E-state index contributed by atoms with van der Waals surface area (Å²) in [5.74, 6) is 0.438. The molecule has 1 aliphatic carbocycles. The number of nitrogens with zero attached hydrogens (tertiary/aromatic N) is 2. The lowest BCUT2D eigenvalue weighted by Crippen LogP contribution is -2.43. The van der Waals surface area contributed by atoms with Gasteiger partial charge in [-0.25, -0.2) is 0 Å². The fraction of sp³-hybridized carbons (Fsp3) is 0.600. The topological polar surface area (TPSA) is 88.1 Å². The summed E-state index contributed by atoms with van der Waals surface area (Å²) in [6, 6.07) is 7.48. The van der Waals surface area contributed by atoms with Crippen molar-refractivity contribution in [2.75, 3.05) is 32.7 Å². The number of nitrogens with one attached hydrogen (secondary N) is 1. The SMILES string of the molecule is CNC(=O)C(=NOC)c1ccccc1CSC12C(=O)N(CCC(C)(C)C)C(=O)C1C2(C)CSC. The predicted molar refractivity (Wildman–Crippen MR) is 139 cm³/mol. The number of rotatable bonds is 10. The van der Waals surface area contributed by atoms with Gasteiger partial charge in [-0.1, -0.05) is 57.1 Å². The van der Waals surface area contributed by atoms with Crippen molar-refractivity contribution < 1.29 is 19.2 Å². The van der Waals surface area contributed by atoms with Crippen LogP contribution in [-0.4, -0.2) is 65.8 Å². The van der Waals surface area contributed by atoms with E-state index in [2.05, 4.69) is 38.2 Å². The fourth-order valence-electron chi connectivity index (χ4n) is 4.86. The minimum Gasteiger partial charge on any atom is -0.398 e. The number of amides is 3. The fourth-order valence-corrected chi connectivity index (χ4v) is 7.81. The highest BCUT2D eigenvalue weighted by Gasteiger charge is 2.85. The molecule has 1 aliphatic heterocycles. The summed E-state index contributed by atoms with van der Waals surface area (Å²) in [7, 11) is 2.94. The van der Waals surface area contributed by atoms with Gasteiger partial charge in [0.25, 0.3) is 5.91 Å². The van der Waals surface area contributed by atoms with Crippen LogP contribution in [0.3, 0.4) is 0 Å². The summed E-state index contributed by atoms with van der Waals surface area (Å²) in [5.41, 5.74) is 1.34. The Kier molecular flexibility index (Phi) is 7.77. The van der Waals surface area contributed by atoms with Gasteiger partial charge in [0.1, 0.15) is 11.9 Å². The Hall–Kier alpha value is -2.00. The van der Waals surface area contributed by atoms with Crippen LogP contribution >= 0.6 is 23.5 Å². The van der Waals surface area contributed by atoms with Gasteiger partial charge < -0.3 is 10.2 Å². The Bertz CT molecular complexity index is 1010. The van der Waals surface area contributed by atoms with Gasteiger partial charge in [0, 0.05) is 36.1 Å². The molecule has 1 saturated heterocycles. The number of hydrogen-bond acceptors (Lipinski definition) is 7. The largest absolute Gasteiger partial charge is 0.398 e. The summed E-state index contributed by atoms with van der Waals surface area (Å²) < 4.78 is -0.774. The summed E-state index contributed by atoms with van der Waals surface area (Å²) in [5, 5.41) is 6.54. The number of imide groups is 1. The van der Waals surface area contributed by atoms with Gasteiger partial charge in [-0.3, -0.25) is 19.3 Å². The summed E-state index contributed by atoms with van der Waals surface area (Å²) >= 11 is 3.19. The minimum atomic E-state index is -0.774. The summed E-state index contributed by atoms with van der Waals surface area (Å²) in [4.78, 5) is 45.9. The first kappa shape index (κ1) is 26.6. The first-order valence-corrected chi connectivity index (χ1v) is 13.8. The first-order valence-electron chi connectivity index (χ1n) is 11.4. The maximum atomic E-state index is 13.8. The van der Waals surface area contributed by atoms with Gasteiger partial charge in [0.2, 0.25) is 11.8 Å². The number of oxime groups is 1. The highest BCUT2D eigenvalue weighted by molar-refractivity contribution is 8.01. The number of carbonyl (C=O) groups excluding carboxylic acids is 3. The zero-order chi connectivity index (χ0) is 25.3. The summed E-state index contributed by atoms with van der Waals surface area (Å²) in [6.07, 6.45) is 2.78. The van der Waals surface area contributed by atoms with E-state index in [1.165, 1.54) is 23.8 Å². The third kappa shape index (κ3) is 4.49. The Balaban J connectivity index is 1.91. The van der Waals surface area contributed by atoms with E-state index in [1.807, 2.05) is 30.5 Å². The van der Waals surface area contributed by atoms with E-state index < -0.39 is 4.75 Å². The van der Waals surface area contributed by atoms with Crippen molar-refractivity contribution in [1.82, 2.24) is 10.2 Å². The lowest BCUT2D eigenvalue weighted by molar-refractivity contribution is -0.142. The molecule has 1 heterocycles. The maximum Gasteiger partial charge on any atom is 0.273 e. The molecule has 0 radical (unpaired) electrons. The minimum absolute atomic E-state index is 0.0338. The number of piperidine rings is 1. The molecule has 3 unspecified atom stereocenters. The van der Waals surface area contributed by atoms with Crippen LogP contribution in [0.2, 0.25) is 0 Å². The van der Waals surface area contributed by atoms with E-state index in [4.69, 9.17) is 4.84 Å². The third-order valence-electron chi connectivity index (χ3n) is 6.77. The zero-order valence-electron chi connectivity index (χ0n) is 21.1. The number of fused-ring (bicyclic) bond motifs is 1. The van der Waals surface area contributed by atoms with Crippen LogP contribution in [0.4, 0.5) is 0 Å². The van der Waals surface area contributed by atoms with Crippen LogP contribution in [0.1, 0.15) is 45.2 Å². The molecule has 1 saturated carbocycles. The Morgan fingerprint density at radius 2 is 1.94 bits per heavy atom. The molecule has 186 valence electrons. The molecule has 34 heavy (non-hydrogen) atoms. The second-order valence-electron chi connectivity index (χ2n) is 10.3. The van der Waals surface area contributed by atoms with Crippen molar-refractivity contribution in [3.8, 4) is 0 Å². The van der Waals surface area contributed by atoms with Crippen LogP contribution in [0.25, 0.3) is 0 Å². The van der Waals surface area contributed by atoms with Crippen molar-refractivity contribution in [1.29, 1.82) is 0 Å². The molecule has 3 rings (SSSR count).